The van der Waals surface area contributed by atoms with Crippen LogP contribution >= 0.6 is 0 Å². The van der Waals surface area contributed by atoms with Gasteiger partial charge in [0.25, 0.3) is 0 Å². The van der Waals surface area contributed by atoms with Gasteiger partial charge in [0, 0.05) is 6.61 Å². The van der Waals surface area contributed by atoms with E-state index < -0.39 is 10.0 Å². The molecule has 15 heavy (non-hydrogen) atoms. The number of benzene rings is 1. The van der Waals surface area contributed by atoms with Crippen molar-refractivity contribution >= 4 is 15.7 Å². The fourth-order valence-electron chi connectivity index (χ4n) is 1.31. The molecule has 0 radical (unpaired) electrons. The SMILES string of the molecule is CS(=O)(=O)Nc1ccccc1CCCO. The minimum atomic E-state index is -3.24. The Morgan fingerprint density at radius 2 is 2.00 bits per heavy atom. The molecule has 0 spiro atoms. The lowest BCUT2D eigenvalue weighted by Crippen LogP contribution is -2.11. The van der Waals surface area contributed by atoms with E-state index >= 15 is 0 Å². The monoisotopic (exact) mass is 229 g/mol. The van der Waals surface area contributed by atoms with Crippen molar-refractivity contribution in [3.05, 3.63) is 29.8 Å². The maximum absolute atomic E-state index is 11.1. The van der Waals surface area contributed by atoms with Crippen LogP contribution in [0.15, 0.2) is 24.3 Å². The van der Waals surface area contributed by atoms with Gasteiger partial charge in [0.15, 0.2) is 0 Å². The van der Waals surface area contributed by atoms with Crippen LogP contribution in [0.1, 0.15) is 12.0 Å². The topological polar surface area (TPSA) is 66.4 Å². The highest BCUT2D eigenvalue weighted by Crippen LogP contribution is 2.17. The van der Waals surface area contributed by atoms with Crippen LogP contribution in [0.4, 0.5) is 5.69 Å². The van der Waals surface area contributed by atoms with E-state index in [1.165, 1.54) is 0 Å². The quantitative estimate of drug-likeness (QED) is 0.791. The number of nitrogens with one attached hydrogen (secondary N) is 1. The molecule has 0 saturated heterocycles. The van der Waals surface area contributed by atoms with E-state index in [0.717, 1.165) is 11.8 Å². The number of para-hydroxylation sites is 1. The molecular formula is C10H15NO3S. The van der Waals surface area contributed by atoms with Gasteiger partial charge in [0.2, 0.25) is 10.0 Å². The third-order valence-corrected chi connectivity index (χ3v) is 2.51. The first-order valence-corrected chi connectivity index (χ1v) is 6.58. The summed E-state index contributed by atoms with van der Waals surface area (Å²) in [5.74, 6) is 0. The summed E-state index contributed by atoms with van der Waals surface area (Å²) >= 11 is 0. The lowest BCUT2D eigenvalue weighted by Gasteiger charge is -2.09. The number of hydrogen-bond acceptors (Lipinski definition) is 3. The number of hydrogen-bond donors (Lipinski definition) is 2. The van der Waals surface area contributed by atoms with Gasteiger partial charge in [-0.05, 0) is 24.5 Å². The highest BCUT2D eigenvalue weighted by atomic mass is 32.2. The van der Waals surface area contributed by atoms with Crippen molar-refractivity contribution in [2.45, 2.75) is 12.8 Å². The molecule has 2 N–H and O–H groups in total. The number of aliphatic hydroxyl groups is 1. The van der Waals surface area contributed by atoms with Crippen LogP contribution in [0.25, 0.3) is 0 Å². The van der Waals surface area contributed by atoms with E-state index in [4.69, 9.17) is 5.11 Å². The number of aryl methyl sites for hydroxylation is 1. The number of rotatable bonds is 5. The summed E-state index contributed by atoms with van der Waals surface area (Å²) in [6, 6.07) is 7.19. The molecule has 0 bridgehead atoms. The van der Waals surface area contributed by atoms with Crippen LogP contribution in [0.5, 0.6) is 0 Å². The van der Waals surface area contributed by atoms with Gasteiger partial charge < -0.3 is 5.11 Å². The Labute approximate surface area is 90.0 Å². The van der Waals surface area contributed by atoms with Crippen LogP contribution in [0.2, 0.25) is 0 Å². The lowest BCUT2D eigenvalue weighted by atomic mass is 10.1. The Morgan fingerprint density at radius 3 is 2.60 bits per heavy atom. The maximum atomic E-state index is 11.1. The smallest absolute Gasteiger partial charge is 0.229 e. The van der Waals surface area contributed by atoms with Crippen LogP contribution < -0.4 is 4.72 Å². The average molecular weight is 229 g/mol. The van der Waals surface area contributed by atoms with Crippen molar-refractivity contribution in [1.29, 1.82) is 0 Å². The number of anilines is 1. The Hall–Kier alpha value is -1.07. The van der Waals surface area contributed by atoms with Crippen molar-refractivity contribution in [1.82, 2.24) is 0 Å². The van der Waals surface area contributed by atoms with E-state index in [0.29, 0.717) is 18.5 Å². The standard InChI is InChI=1S/C10H15NO3S/c1-15(13,14)11-10-7-3-2-5-9(10)6-4-8-12/h2-3,5,7,11-12H,4,6,8H2,1H3. The van der Waals surface area contributed by atoms with Crippen molar-refractivity contribution in [2.75, 3.05) is 17.6 Å². The lowest BCUT2D eigenvalue weighted by molar-refractivity contribution is 0.288. The third kappa shape index (κ3) is 4.31. The molecule has 0 aliphatic rings. The van der Waals surface area contributed by atoms with Crippen LogP contribution in [0.3, 0.4) is 0 Å². The molecule has 5 heteroatoms. The van der Waals surface area contributed by atoms with Gasteiger partial charge in [0.05, 0.1) is 11.9 Å². The minimum absolute atomic E-state index is 0.104. The Morgan fingerprint density at radius 1 is 1.33 bits per heavy atom. The molecule has 0 aliphatic heterocycles. The van der Waals surface area contributed by atoms with Crippen molar-refractivity contribution in [2.24, 2.45) is 0 Å². The Bertz CT molecular complexity index is 414. The first kappa shape index (κ1) is 12.0. The van der Waals surface area contributed by atoms with E-state index in [1.807, 2.05) is 12.1 Å². The minimum Gasteiger partial charge on any atom is -0.396 e. The molecule has 4 nitrogen and oxygen atoms in total. The van der Waals surface area contributed by atoms with E-state index in [9.17, 15) is 8.42 Å². The van der Waals surface area contributed by atoms with Gasteiger partial charge in [-0.2, -0.15) is 0 Å². The van der Waals surface area contributed by atoms with Crippen molar-refractivity contribution < 1.29 is 13.5 Å². The van der Waals surface area contributed by atoms with Gasteiger partial charge in [-0.1, -0.05) is 18.2 Å². The van der Waals surface area contributed by atoms with Gasteiger partial charge in [-0.15, -0.1) is 0 Å². The summed E-state index contributed by atoms with van der Waals surface area (Å²) in [6.07, 6.45) is 2.41. The molecule has 0 heterocycles. The molecule has 1 aromatic rings. The Kier molecular flexibility index (Phi) is 4.11. The molecular weight excluding hydrogens is 214 g/mol. The van der Waals surface area contributed by atoms with Gasteiger partial charge >= 0.3 is 0 Å². The molecule has 0 atom stereocenters. The van der Waals surface area contributed by atoms with Crippen LogP contribution in [-0.2, 0) is 16.4 Å². The Balaban J connectivity index is 2.86. The van der Waals surface area contributed by atoms with Crippen LogP contribution in [-0.4, -0.2) is 26.4 Å². The van der Waals surface area contributed by atoms with Gasteiger partial charge in [-0.3, -0.25) is 4.72 Å². The largest absolute Gasteiger partial charge is 0.396 e. The van der Waals surface area contributed by atoms with E-state index in [-0.39, 0.29) is 6.61 Å². The fourth-order valence-corrected chi connectivity index (χ4v) is 1.91. The third-order valence-electron chi connectivity index (χ3n) is 1.92. The molecule has 0 unspecified atom stereocenters. The van der Waals surface area contributed by atoms with Crippen molar-refractivity contribution in [3.8, 4) is 0 Å². The predicted octanol–water partition coefficient (Wildman–Crippen LogP) is 0.983. The zero-order chi connectivity index (χ0) is 11.3. The van der Waals surface area contributed by atoms with E-state index in [1.54, 1.807) is 12.1 Å². The second kappa shape index (κ2) is 5.14. The zero-order valence-corrected chi connectivity index (χ0v) is 9.42. The molecule has 0 aliphatic carbocycles. The summed E-state index contributed by atoms with van der Waals surface area (Å²) in [5, 5.41) is 8.71. The molecule has 0 aromatic heterocycles. The summed E-state index contributed by atoms with van der Waals surface area (Å²) in [4.78, 5) is 0. The zero-order valence-electron chi connectivity index (χ0n) is 8.60. The molecule has 1 aromatic carbocycles. The normalized spacial score (nSPS) is 11.3. The van der Waals surface area contributed by atoms with Gasteiger partial charge in [-0.25, -0.2) is 8.42 Å². The highest BCUT2D eigenvalue weighted by Gasteiger charge is 2.05. The summed E-state index contributed by atoms with van der Waals surface area (Å²) < 4.78 is 24.6. The highest BCUT2D eigenvalue weighted by molar-refractivity contribution is 7.92. The molecule has 0 amide bonds. The predicted molar refractivity (Wildman–Crippen MR) is 60.3 cm³/mol. The second-order valence-corrected chi connectivity index (χ2v) is 5.11. The number of sulfonamides is 1. The van der Waals surface area contributed by atoms with Crippen LogP contribution in [0, 0.1) is 0 Å². The fraction of sp³-hybridized carbons (Fsp3) is 0.400. The second-order valence-electron chi connectivity index (χ2n) is 3.36. The van der Waals surface area contributed by atoms with E-state index in [2.05, 4.69) is 4.72 Å². The average Bonchev–Trinajstić information content (AvgIpc) is 2.14. The summed E-state index contributed by atoms with van der Waals surface area (Å²) in [7, 11) is -3.24. The molecule has 1 rings (SSSR count). The summed E-state index contributed by atoms with van der Waals surface area (Å²) in [6.45, 7) is 0.104. The number of aliphatic hydroxyl groups excluding tert-OH is 1. The first-order chi connectivity index (χ1) is 7.03. The molecule has 84 valence electrons. The van der Waals surface area contributed by atoms with Gasteiger partial charge in [0.1, 0.15) is 0 Å². The molecule has 0 saturated carbocycles. The molecule has 0 fully saturated rings. The summed E-state index contributed by atoms with van der Waals surface area (Å²) in [5.41, 5.74) is 1.49. The first-order valence-electron chi connectivity index (χ1n) is 4.69. The van der Waals surface area contributed by atoms with Crippen molar-refractivity contribution in [3.63, 3.8) is 0 Å². The maximum Gasteiger partial charge on any atom is 0.229 e.